The molecule has 2 aliphatic rings. The Kier molecular flexibility index (Phi) is 19.1. The molecule has 4 heterocycles. The van der Waals surface area contributed by atoms with E-state index >= 15 is 0 Å². The monoisotopic (exact) mass is 946 g/mol. The Hall–Kier alpha value is -5.64. The normalized spacial score (nSPS) is 19.9. The van der Waals surface area contributed by atoms with Crippen LogP contribution in [-0.2, 0) is 60.7 Å². The van der Waals surface area contributed by atoms with Crippen molar-refractivity contribution >= 4 is 35.1 Å². The van der Waals surface area contributed by atoms with Crippen molar-refractivity contribution < 1.29 is 57.1 Å². The summed E-state index contributed by atoms with van der Waals surface area (Å²) >= 11 is 0. The van der Waals surface area contributed by atoms with E-state index in [9.17, 15) is 19.2 Å². The maximum absolute atomic E-state index is 12.8. The second-order valence-corrected chi connectivity index (χ2v) is 16.8. The van der Waals surface area contributed by atoms with Crippen molar-refractivity contribution in [1.82, 2.24) is 30.0 Å². The summed E-state index contributed by atoms with van der Waals surface area (Å²) in [4.78, 5) is 54.0. The van der Waals surface area contributed by atoms with Gasteiger partial charge in [-0.2, -0.15) is 0 Å². The molecule has 6 rings (SSSR count). The molecule has 20 nitrogen and oxygen atoms in total. The number of benzene rings is 2. The van der Waals surface area contributed by atoms with Crippen LogP contribution in [0.2, 0.25) is 0 Å². The summed E-state index contributed by atoms with van der Waals surface area (Å²) in [6, 6.07) is 9.88. The molecule has 0 N–H and O–H groups in total. The Balaban J connectivity index is 0.811. The number of esters is 2. The summed E-state index contributed by atoms with van der Waals surface area (Å²) in [5.41, 5.74) is 5.20. The predicted octanol–water partition coefficient (Wildman–Crippen LogP) is 4.98. The quantitative estimate of drug-likeness (QED) is 0.0633. The van der Waals surface area contributed by atoms with E-state index in [-0.39, 0.29) is 61.0 Å². The molecule has 370 valence electrons. The molecule has 20 heteroatoms. The Labute approximate surface area is 397 Å². The van der Waals surface area contributed by atoms with E-state index in [1.807, 2.05) is 22.2 Å². The first-order valence-corrected chi connectivity index (χ1v) is 23.3. The molecule has 2 aliphatic heterocycles. The molecular formula is C48H66N8O12. The van der Waals surface area contributed by atoms with Gasteiger partial charge in [-0.3, -0.25) is 9.59 Å². The number of carbonyl (C=O) groups is 4. The molecule has 0 spiro atoms. The lowest BCUT2D eigenvalue weighted by Gasteiger charge is -2.44. The summed E-state index contributed by atoms with van der Waals surface area (Å²) in [5.74, 6) is -1.07. The molecule has 0 fully saturated rings. The molecular weight excluding hydrogens is 881 g/mol. The first-order chi connectivity index (χ1) is 32.9. The number of rotatable bonds is 25. The van der Waals surface area contributed by atoms with E-state index in [2.05, 4.69) is 48.3 Å². The van der Waals surface area contributed by atoms with Gasteiger partial charge in [0.05, 0.1) is 129 Å². The fourth-order valence-corrected chi connectivity index (χ4v) is 9.39. The lowest BCUT2D eigenvalue weighted by Crippen LogP contribution is -2.49. The third-order valence-corrected chi connectivity index (χ3v) is 12.5. The molecule has 68 heavy (non-hydrogen) atoms. The van der Waals surface area contributed by atoms with Gasteiger partial charge in [-0.05, 0) is 49.2 Å². The Morgan fingerprint density at radius 1 is 0.529 bits per heavy atom. The summed E-state index contributed by atoms with van der Waals surface area (Å²) in [6.07, 6.45) is 5.19. The smallest absolute Gasteiger partial charge is 0.337 e. The highest BCUT2D eigenvalue weighted by Gasteiger charge is 2.43. The Bertz CT molecular complexity index is 2140. The number of carbonyl (C=O) groups excluding carboxylic acids is 4. The number of aromatic nitrogens is 6. The average molecular weight is 947 g/mol. The van der Waals surface area contributed by atoms with Crippen molar-refractivity contribution in [3.8, 4) is 0 Å². The molecule has 0 saturated carbocycles. The first-order valence-electron chi connectivity index (χ1n) is 23.3. The molecule has 0 radical (unpaired) electrons. The van der Waals surface area contributed by atoms with Crippen LogP contribution in [0.25, 0.3) is 0 Å². The predicted molar refractivity (Wildman–Crippen MR) is 247 cm³/mol. The highest BCUT2D eigenvalue weighted by Crippen LogP contribution is 2.45. The fraction of sp³-hybridized carbons (Fsp3) is 0.583. The van der Waals surface area contributed by atoms with Crippen molar-refractivity contribution in [2.24, 2.45) is 11.8 Å². The van der Waals surface area contributed by atoms with Crippen LogP contribution in [0.4, 0.5) is 11.4 Å². The van der Waals surface area contributed by atoms with E-state index in [0.29, 0.717) is 88.6 Å². The van der Waals surface area contributed by atoms with Gasteiger partial charge in [0.15, 0.2) is 0 Å². The summed E-state index contributed by atoms with van der Waals surface area (Å²) in [5, 5.41) is 17.6. The fourth-order valence-electron chi connectivity index (χ4n) is 9.39. The number of fused-ring (bicyclic) bond motifs is 2. The highest BCUT2D eigenvalue weighted by molar-refractivity contribution is 5.97. The average Bonchev–Trinajstić information content (AvgIpc) is 4.01. The first kappa shape index (κ1) is 51.7. The van der Waals surface area contributed by atoms with Gasteiger partial charge in [0.2, 0.25) is 11.8 Å². The van der Waals surface area contributed by atoms with Gasteiger partial charge in [-0.1, -0.05) is 38.1 Å². The van der Waals surface area contributed by atoms with Crippen LogP contribution in [0.3, 0.4) is 0 Å². The van der Waals surface area contributed by atoms with E-state index in [4.69, 9.17) is 37.9 Å². The molecule has 0 bridgehead atoms. The minimum absolute atomic E-state index is 0.0213. The van der Waals surface area contributed by atoms with E-state index in [1.165, 1.54) is 14.2 Å². The maximum atomic E-state index is 12.8. The number of hydrogen-bond acceptors (Lipinski definition) is 16. The Morgan fingerprint density at radius 3 is 1.18 bits per heavy atom. The van der Waals surface area contributed by atoms with Crippen molar-refractivity contribution in [2.75, 3.05) is 90.1 Å². The van der Waals surface area contributed by atoms with Crippen molar-refractivity contribution in [1.29, 1.82) is 0 Å². The second-order valence-electron chi connectivity index (χ2n) is 16.8. The lowest BCUT2D eigenvalue weighted by molar-refractivity contribution is -0.118. The minimum Gasteiger partial charge on any atom is -0.465 e. The number of methoxy groups -OCH3 is 2. The maximum Gasteiger partial charge on any atom is 0.337 e. The van der Waals surface area contributed by atoms with Gasteiger partial charge in [0.25, 0.3) is 0 Å². The zero-order valence-electron chi connectivity index (χ0n) is 40.5. The topological polar surface area (TPSA) is 210 Å². The molecule has 3 unspecified atom stereocenters. The molecule has 2 aromatic heterocycles. The van der Waals surface area contributed by atoms with Crippen molar-refractivity contribution in [3.63, 3.8) is 0 Å². The number of amides is 2. The zero-order chi connectivity index (χ0) is 48.7. The zero-order valence-corrected chi connectivity index (χ0v) is 40.5. The van der Waals surface area contributed by atoms with Gasteiger partial charge in [-0.15, -0.1) is 10.2 Å². The van der Waals surface area contributed by atoms with E-state index in [0.717, 1.165) is 35.3 Å². The van der Waals surface area contributed by atoms with Gasteiger partial charge in [-0.25, -0.2) is 19.0 Å². The number of hydrogen-bond donors (Lipinski definition) is 0. The summed E-state index contributed by atoms with van der Waals surface area (Å²) < 4.78 is 47.6. The van der Waals surface area contributed by atoms with Crippen LogP contribution >= 0.6 is 0 Å². The second kappa shape index (κ2) is 25.1. The third-order valence-electron chi connectivity index (χ3n) is 12.5. The minimum atomic E-state index is -0.452. The number of ether oxygens (including phenoxy) is 8. The number of nitrogens with zero attached hydrogens (tertiary/aromatic N) is 8. The van der Waals surface area contributed by atoms with Crippen LogP contribution in [0, 0.1) is 11.8 Å². The molecule has 0 aliphatic carbocycles. The Morgan fingerprint density at radius 2 is 0.868 bits per heavy atom. The SMILES string of the molecule is CCC1[C@@H](C)C(n2cc(COCCOCCOCCOCCOCCOCc3cn(C4c5cc(C(=O)OC)ccc5N(C(C)=O)[C@@H](CC)[C@H]4C)nn3)nn2)c2cc(C(=O)OC)ccc2N1C(C)=O. The van der Waals surface area contributed by atoms with Gasteiger partial charge >= 0.3 is 11.9 Å². The van der Waals surface area contributed by atoms with E-state index in [1.54, 1.807) is 59.6 Å². The van der Waals surface area contributed by atoms with Gasteiger partial charge in [0.1, 0.15) is 11.4 Å². The van der Waals surface area contributed by atoms with Gasteiger partial charge in [0, 0.05) is 60.3 Å². The molecule has 2 aromatic carbocycles. The van der Waals surface area contributed by atoms with Crippen LogP contribution in [0.1, 0.15) is 110 Å². The van der Waals surface area contributed by atoms with E-state index < -0.39 is 11.9 Å². The van der Waals surface area contributed by atoms with Gasteiger partial charge < -0.3 is 47.7 Å². The molecule has 4 aromatic rings. The largest absolute Gasteiger partial charge is 0.465 e. The van der Waals surface area contributed by atoms with Crippen molar-refractivity contribution in [2.45, 2.75) is 91.8 Å². The van der Waals surface area contributed by atoms with Crippen molar-refractivity contribution in [3.05, 3.63) is 82.4 Å². The van der Waals surface area contributed by atoms with Crippen LogP contribution in [0.5, 0.6) is 0 Å². The van der Waals surface area contributed by atoms with Crippen LogP contribution < -0.4 is 9.80 Å². The standard InChI is InChI=1S/C48H66N8O12/c1-9-41-31(3)45(39-25-35(47(59)61-7)11-13-43(39)55(41)33(5)57)53-27-37(49-51-53)29-67-23-21-65-19-17-63-15-16-64-18-20-66-22-24-68-30-38-28-54(52-50-38)46-32(4)42(10-2)56(34(6)58)44-14-12-36(26-40(44)46)48(60)62-8/h11-14,25-28,31-32,41-42,45-46H,9-10,15-24,29-30H2,1-8H3/t31-,32-,41+,42?,45?,46?/m1/s1. The van der Waals surface area contributed by atoms with Crippen LogP contribution in [0.15, 0.2) is 48.8 Å². The van der Waals surface area contributed by atoms with Crippen LogP contribution in [-0.4, -0.2) is 146 Å². The lowest BCUT2D eigenvalue weighted by atomic mass is 9.80. The summed E-state index contributed by atoms with van der Waals surface area (Å²) in [6.45, 7) is 15.9. The summed E-state index contributed by atoms with van der Waals surface area (Å²) in [7, 11) is 2.69. The third kappa shape index (κ3) is 12.3. The molecule has 6 atom stereocenters. The molecule has 0 saturated heterocycles. The highest BCUT2D eigenvalue weighted by atomic mass is 16.6. The molecule has 2 amide bonds. The number of anilines is 2.